The fraction of sp³-hybridized carbons (Fsp3) is 0.760. The molecule has 3 saturated carbocycles. The molecule has 170 valence electrons. The fourth-order valence-electron chi connectivity index (χ4n) is 8.12. The topological polar surface area (TPSA) is 93.1 Å². The molecule has 0 amide bonds. The van der Waals surface area contributed by atoms with Gasteiger partial charge in [-0.2, -0.15) is 0 Å². The summed E-state index contributed by atoms with van der Waals surface area (Å²) in [5, 5.41) is 21.4. The van der Waals surface area contributed by atoms with E-state index in [0.717, 1.165) is 24.8 Å². The van der Waals surface area contributed by atoms with Crippen molar-refractivity contribution in [3.05, 3.63) is 23.8 Å². The highest BCUT2D eigenvalue weighted by atomic mass is 16.7. The van der Waals surface area contributed by atoms with E-state index in [0.29, 0.717) is 19.3 Å². The Morgan fingerprint density at radius 3 is 2.81 bits per heavy atom. The van der Waals surface area contributed by atoms with Crippen LogP contribution >= 0.6 is 0 Å². The minimum absolute atomic E-state index is 0.0125. The van der Waals surface area contributed by atoms with Crippen molar-refractivity contribution < 1.29 is 29.3 Å². The summed E-state index contributed by atoms with van der Waals surface area (Å²) in [7, 11) is 0. The fourth-order valence-corrected chi connectivity index (χ4v) is 8.12. The van der Waals surface area contributed by atoms with Crippen LogP contribution in [-0.2, 0) is 19.1 Å². The smallest absolute Gasteiger partial charge is 0.193 e. The summed E-state index contributed by atoms with van der Waals surface area (Å²) in [5.41, 5.74) is -1.05. The Morgan fingerprint density at radius 1 is 1.32 bits per heavy atom. The van der Waals surface area contributed by atoms with E-state index in [1.807, 2.05) is 6.08 Å². The average Bonchev–Trinajstić information content (AvgIpc) is 3.20. The Kier molecular flexibility index (Phi) is 4.91. The summed E-state index contributed by atoms with van der Waals surface area (Å²) >= 11 is 0. The van der Waals surface area contributed by atoms with E-state index >= 15 is 0 Å². The molecule has 0 bridgehead atoms. The Balaban J connectivity index is 1.55. The van der Waals surface area contributed by atoms with Crippen molar-refractivity contribution in [2.24, 2.45) is 28.6 Å². The summed E-state index contributed by atoms with van der Waals surface area (Å²) in [6, 6.07) is 0. The van der Waals surface area contributed by atoms with Crippen LogP contribution in [0.15, 0.2) is 23.8 Å². The number of hydrogen-bond acceptors (Lipinski definition) is 6. The highest BCUT2D eigenvalue weighted by Crippen LogP contribution is 2.69. The predicted octanol–water partition coefficient (Wildman–Crippen LogP) is 2.72. The number of ether oxygens (including phenoxy) is 2. The van der Waals surface area contributed by atoms with Crippen LogP contribution in [0.1, 0.15) is 59.3 Å². The molecule has 2 N–H and O–H groups in total. The molecule has 1 unspecified atom stereocenters. The van der Waals surface area contributed by atoms with Gasteiger partial charge in [0.2, 0.25) is 0 Å². The van der Waals surface area contributed by atoms with E-state index in [1.54, 1.807) is 12.2 Å². The molecule has 0 aromatic rings. The molecule has 6 nitrogen and oxygen atoms in total. The molecule has 5 aliphatic rings. The third-order valence-electron chi connectivity index (χ3n) is 9.37. The van der Waals surface area contributed by atoms with Gasteiger partial charge >= 0.3 is 0 Å². The molecule has 0 aromatic heterocycles. The normalized spacial score (nSPS) is 50.4. The second-order valence-corrected chi connectivity index (χ2v) is 10.7. The lowest BCUT2D eigenvalue weighted by atomic mass is 9.46. The zero-order valence-corrected chi connectivity index (χ0v) is 18.7. The maximum atomic E-state index is 13.2. The molecule has 0 spiro atoms. The van der Waals surface area contributed by atoms with Crippen LogP contribution in [0, 0.1) is 28.6 Å². The van der Waals surface area contributed by atoms with Gasteiger partial charge in [-0.15, -0.1) is 0 Å². The predicted molar refractivity (Wildman–Crippen MR) is 113 cm³/mol. The van der Waals surface area contributed by atoms with Gasteiger partial charge in [0, 0.05) is 16.7 Å². The standard InChI is InChI=1S/C25H34O6/c1-4-5-21-30-20-11-17-16-7-6-14-10-15(27)8-9-23(14,2)22(16)18(28)12-24(17,3)25(20,31-21)19(29)13-26/h8-10,16-18,20-22,26,28H,4-7,11-13H2,1-3H3/t16-,17-,18-,20-,21?,22+,23-,24-,25+/m1/s1. The van der Waals surface area contributed by atoms with Crippen molar-refractivity contribution in [3.63, 3.8) is 0 Å². The molecule has 4 fully saturated rings. The van der Waals surface area contributed by atoms with Crippen molar-refractivity contribution >= 4 is 11.6 Å². The van der Waals surface area contributed by atoms with E-state index < -0.39 is 36.1 Å². The minimum atomic E-state index is -1.20. The lowest BCUT2D eigenvalue weighted by Crippen LogP contribution is -2.63. The molecule has 9 atom stereocenters. The van der Waals surface area contributed by atoms with Gasteiger partial charge in [0.15, 0.2) is 23.5 Å². The third-order valence-corrected chi connectivity index (χ3v) is 9.37. The summed E-state index contributed by atoms with van der Waals surface area (Å²) in [5.74, 6) is 0.0274. The van der Waals surface area contributed by atoms with Gasteiger partial charge in [-0.05, 0) is 56.1 Å². The van der Waals surface area contributed by atoms with Crippen LogP contribution in [0.25, 0.3) is 0 Å². The van der Waals surface area contributed by atoms with Crippen LogP contribution in [0.3, 0.4) is 0 Å². The Bertz CT molecular complexity index is 862. The van der Waals surface area contributed by atoms with Crippen LogP contribution in [0.2, 0.25) is 0 Å². The van der Waals surface area contributed by atoms with Crippen molar-refractivity contribution in [2.45, 2.75) is 83.4 Å². The summed E-state index contributed by atoms with van der Waals surface area (Å²) in [4.78, 5) is 25.2. The van der Waals surface area contributed by atoms with E-state index in [-0.39, 0.29) is 34.7 Å². The molecule has 4 aliphatic carbocycles. The molecule has 1 aliphatic heterocycles. The molecule has 0 aromatic carbocycles. The maximum Gasteiger partial charge on any atom is 0.193 e. The number of aliphatic hydroxyl groups excluding tert-OH is 2. The zero-order valence-electron chi connectivity index (χ0n) is 18.7. The number of ketones is 2. The molecular weight excluding hydrogens is 396 g/mol. The summed E-state index contributed by atoms with van der Waals surface area (Å²) in [6.07, 6.45) is 8.31. The molecule has 5 rings (SSSR count). The minimum Gasteiger partial charge on any atom is -0.393 e. The van der Waals surface area contributed by atoms with E-state index in [9.17, 15) is 19.8 Å². The summed E-state index contributed by atoms with van der Waals surface area (Å²) in [6.45, 7) is 5.67. The highest BCUT2D eigenvalue weighted by molar-refractivity contribution is 6.01. The third kappa shape index (κ3) is 2.65. The van der Waals surface area contributed by atoms with Crippen LogP contribution in [-0.4, -0.2) is 52.5 Å². The quantitative estimate of drug-likeness (QED) is 0.712. The Hall–Kier alpha value is -1.34. The summed E-state index contributed by atoms with van der Waals surface area (Å²) < 4.78 is 12.7. The van der Waals surface area contributed by atoms with Gasteiger partial charge < -0.3 is 19.7 Å². The number of Topliss-reactive ketones (excluding diaryl/α,β-unsaturated/α-hetero) is 1. The molecule has 0 radical (unpaired) electrons. The van der Waals surface area contributed by atoms with Gasteiger partial charge in [0.25, 0.3) is 0 Å². The number of hydrogen-bond donors (Lipinski definition) is 2. The number of carbonyl (C=O) groups excluding carboxylic acids is 2. The van der Waals surface area contributed by atoms with Gasteiger partial charge in [0.1, 0.15) is 6.61 Å². The average molecular weight is 431 g/mol. The molecule has 6 heteroatoms. The highest BCUT2D eigenvalue weighted by Gasteiger charge is 2.75. The van der Waals surface area contributed by atoms with E-state index in [4.69, 9.17) is 9.47 Å². The van der Waals surface area contributed by atoms with Gasteiger partial charge in [0.05, 0.1) is 12.2 Å². The van der Waals surface area contributed by atoms with Crippen molar-refractivity contribution in [2.75, 3.05) is 6.61 Å². The number of allylic oxidation sites excluding steroid dienone is 4. The molecular formula is C25H34O6. The van der Waals surface area contributed by atoms with Crippen LogP contribution < -0.4 is 0 Å². The molecule has 1 saturated heterocycles. The van der Waals surface area contributed by atoms with E-state index in [1.165, 1.54) is 0 Å². The lowest BCUT2D eigenvalue weighted by molar-refractivity contribution is -0.200. The number of carbonyl (C=O) groups is 2. The zero-order chi connectivity index (χ0) is 22.2. The van der Waals surface area contributed by atoms with Crippen LogP contribution in [0.4, 0.5) is 0 Å². The Morgan fingerprint density at radius 2 is 2.10 bits per heavy atom. The SMILES string of the molecule is CCCC1O[C@@H]2C[C@@H]3[C@H]4CCC5=CC(=O)C=C[C@@]5(C)[C@@H]4[C@H](O)C[C@@]3(C)[C@@]2(C(=O)CO)O1. The second kappa shape index (κ2) is 7.08. The molecule has 31 heavy (non-hydrogen) atoms. The Labute approximate surface area is 183 Å². The van der Waals surface area contributed by atoms with Gasteiger partial charge in [-0.25, -0.2) is 0 Å². The van der Waals surface area contributed by atoms with Gasteiger partial charge in [-0.3, -0.25) is 9.59 Å². The first kappa shape index (κ1) is 21.5. The second-order valence-electron chi connectivity index (χ2n) is 10.7. The first-order valence-electron chi connectivity index (χ1n) is 11.8. The van der Waals surface area contributed by atoms with Crippen molar-refractivity contribution in [1.82, 2.24) is 0 Å². The lowest BCUT2D eigenvalue weighted by Gasteiger charge is -2.59. The van der Waals surface area contributed by atoms with Crippen molar-refractivity contribution in [3.8, 4) is 0 Å². The first-order valence-corrected chi connectivity index (χ1v) is 11.8. The van der Waals surface area contributed by atoms with Gasteiger partial charge in [-0.1, -0.05) is 38.8 Å². The maximum absolute atomic E-state index is 13.2. The largest absolute Gasteiger partial charge is 0.393 e. The van der Waals surface area contributed by atoms with Crippen molar-refractivity contribution in [1.29, 1.82) is 0 Å². The number of rotatable bonds is 4. The van der Waals surface area contributed by atoms with E-state index in [2.05, 4.69) is 20.8 Å². The number of aliphatic hydroxyl groups is 2. The van der Waals surface area contributed by atoms with Crippen LogP contribution in [0.5, 0.6) is 0 Å². The number of fused-ring (bicyclic) bond motifs is 7. The molecule has 1 heterocycles. The monoisotopic (exact) mass is 430 g/mol. The first-order chi connectivity index (χ1) is 14.7.